The zero-order valence-electron chi connectivity index (χ0n) is 13.6. The number of hydrogen-bond acceptors (Lipinski definition) is 5. The van der Waals surface area contributed by atoms with Crippen LogP contribution in [0.3, 0.4) is 0 Å². The summed E-state index contributed by atoms with van der Waals surface area (Å²) < 4.78 is 10.5. The number of nitrogens with one attached hydrogen (secondary N) is 2. The van der Waals surface area contributed by atoms with Crippen LogP contribution in [0.25, 0.3) is 0 Å². The highest BCUT2D eigenvalue weighted by atomic mass is 16.5. The summed E-state index contributed by atoms with van der Waals surface area (Å²) in [6, 6.07) is 4.69. The summed E-state index contributed by atoms with van der Waals surface area (Å²) in [6.07, 6.45) is 0.257. The molecule has 0 bridgehead atoms. The fourth-order valence-electron chi connectivity index (χ4n) is 2.62. The van der Waals surface area contributed by atoms with Crippen LogP contribution in [0, 0.1) is 5.92 Å². The van der Waals surface area contributed by atoms with Crippen molar-refractivity contribution in [2.24, 2.45) is 5.92 Å². The monoisotopic (exact) mass is 320 g/mol. The molecular formula is C16H20N2O5. The predicted octanol–water partition coefficient (Wildman–Crippen LogP) is 1.35. The zero-order valence-corrected chi connectivity index (χ0v) is 13.6. The van der Waals surface area contributed by atoms with E-state index in [1.54, 1.807) is 20.3 Å². The quantitative estimate of drug-likeness (QED) is 0.799. The molecule has 2 rings (SSSR count). The molecule has 1 aromatic carbocycles. The van der Waals surface area contributed by atoms with Crippen LogP contribution in [0.5, 0.6) is 11.5 Å². The molecule has 0 aromatic heterocycles. The Balaban J connectivity index is 2.26. The van der Waals surface area contributed by atoms with Crippen LogP contribution in [-0.4, -0.2) is 32.1 Å². The molecule has 0 radical (unpaired) electrons. The lowest BCUT2D eigenvalue weighted by Gasteiger charge is -2.31. The maximum absolute atomic E-state index is 11.9. The number of carbonyl (C=O) groups excluding carboxylic acids is 3. The van der Waals surface area contributed by atoms with E-state index in [9.17, 15) is 14.4 Å². The van der Waals surface area contributed by atoms with E-state index in [4.69, 9.17) is 9.47 Å². The van der Waals surface area contributed by atoms with Crippen molar-refractivity contribution >= 4 is 17.8 Å². The van der Waals surface area contributed by atoms with Gasteiger partial charge in [-0.1, -0.05) is 19.9 Å². The molecule has 1 aliphatic rings. The lowest BCUT2D eigenvalue weighted by atomic mass is 9.76. The standard InChI is InChI=1S/C16H20N2O5/c1-16(2,8-10-13(19)17-15(21)18-14(10)20)9-5-6-11(22-3)12(7-9)23-4/h5-7,10H,8H2,1-4H3,(H2,17,18,19,20,21). The van der Waals surface area contributed by atoms with E-state index >= 15 is 0 Å². The Hall–Kier alpha value is -2.57. The van der Waals surface area contributed by atoms with Gasteiger partial charge in [-0.25, -0.2) is 4.79 Å². The van der Waals surface area contributed by atoms with Crippen molar-refractivity contribution < 1.29 is 23.9 Å². The molecule has 7 nitrogen and oxygen atoms in total. The lowest BCUT2D eigenvalue weighted by molar-refractivity contribution is -0.136. The first kappa shape index (κ1) is 16.8. The summed E-state index contributed by atoms with van der Waals surface area (Å²) in [5.74, 6) is -0.896. The minimum atomic E-state index is -0.921. The average Bonchev–Trinajstić information content (AvgIpc) is 2.50. The van der Waals surface area contributed by atoms with E-state index < -0.39 is 29.2 Å². The minimum Gasteiger partial charge on any atom is -0.493 e. The third-order valence-corrected chi connectivity index (χ3v) is 3.99. The molecule has 1 heterocycles. The van der Waals surface area contributed by atoms with E-state index in [2.05, 4.69) is 10.6 Å². The molecule has 1 aliphatic heterocycles. The van der Waals surface area contributed by atoms with Crippen LogP contribution in [0.1, 0.15) is 25.8 Å². The summed E-state index contributed by atoms with van der Waals surface area (Å²) in [5.41, 5.74) is 0.409. The molecule has 124 valence electrons. The van der Waals surface area contributed by atoms with Crippen molar-refractivity contribution in [3.05, 3.63) is 23.8 Å². The van der Waals surface area contributed by atoms with Gasteiger partial charge < -0.3 is 9.47 Å². The molecule has 1 aromatic rings. The molecular weight excluding hydrogens is 300 g/mol. The number of ether oxygens (including phenoxy) is 2. The third kappa shape index (κ3) is 3.44. The minimum absolute atomic E-state index is 0.257. The second-order valence-electron chi connectivity index (χ2n) is 6.02. The van der Waals surface area contributed by atoms with Crippen LogP contribution < -0.4 is 20.1 Å². The molecule has 4 amide bonds. The Labute approximate surface area is 134 Å². The smallest absolute Gasteiger partial charge is 0.328 e. The fourth-order valence-corrected chi connectivity index (χ4v) is 2.62. The summed E-state index contributed by atoms with van der Waals surface area (Å²) in [4.78, 5) is 34.9. The summed E-state index contributed by atoms with van der Waals surface area (Å²) >= 11 is 0. The Kier molecular flexibility index (Phi) is 4.58. The second kappa shape index (κ2) is 6.28. The highest BCUT2D eigenvalue weighted by Gasteiger charge is 2.38. The van der Waals surface area contributed by atoms with Crippen molar-refractivity contribution in [3.8, 4) is 11.5 Å². The first-order chi connectivity index (χ1) is 10.8. The molecule has 0 saturated carbocycles. The van der Waals surface area contributed by atoms with Crippen molar-refractivity contribution in [3.63, 3.8) is 0 Å². The van der Waals surface area contributed by atoms with E-state index in [1.807, 2.05) is 26.0 Å². The SMILES string of the molecule is COc1ccc(C(C)(C)CC2C(=O)NC(=O)NC2=O)cc1OC. The van der Waals surface area contributed by atoms with Crippen molar-refractivity contribution in [2.75, 3.05) is 14.2 Å². The summed E-state index contributed by atoms with van der Waals surface area (Å²) in [7, 11) is 3.10. The summed E-state index contributed by atoms with van der Waals surface area (Å²) in [6.45, 7) is 3.84. The van der Waals surface area contributed by atoms with Gasteiger partial charge in [-0.2, -0.15) is 0 Å². The zero-order chi connectivity index (χ0) is 17.2. The number of amides is 4. The molecule has 0 spiro atoms. The average molecular weight is 320 g/mol. The van der Waals surface area contributed by atoms with Gasteiger partial charge in [0.25, 0.3) is 0 Å². The second-order valence-corrected chi connectivity index (χ2v) is 6.02. The van der Waals surface area contributed by atoms with E-state index in [-0.39, 0.29) is 6.42 Å². The predicted molar refractivity (Wildman–Crippen MR) is 82.4 cm³/mol. The molecule has 7 heteroatoms. The maximum atomic E-state index is 11.9. The number of carbonyl (C=O) groups is 3. The van der Waals surface area contributed by atoms with Gasteiger partial charge in [-0.15, -0.1) is 0 Å². The largest absolute Gasteiger partial charge is 0.493 e. The number of imide groups is 2. The van der Waals surface area contributed by atoms with Gasteiger partial charge in [-0.05, 0) is 29.5 Å². The number of urea groups is 1. The fraction of sp³-hybridized carbons (Fsp3) is 0.438. The summed E-state index contributed by atoms with van der Waals surface area (Å²) in [5, 5.41) is 4.24. The van der Waals surface area contributed by atoms with Crippen LogP contribution in [0.4, 0.5) is 4.79 Å². The Morgan fingerprint density at radius 3 is 2.09 bits per heavy atom. The molecule has 23 heavy (non-hydrogen) atoms. The third-order valence-electron chi connectivity index (χ3n) is 3.99. The topological polar surface area (TPSA) is 93.7 Å². The van der Waals surface area contributed by atoms with Crippen LogP contribution >= 0.6 is 0 Å². The number of hydrogen-bond donors (Lipinski definition) is 2. The van der Waals surface area contributed by atoms with Gasteiger partial charge in [0.05, 0.1) is 14.2 Å². The van der Waals surface area contributed by atoms with Crippen molar-refractivity contribution in [2.45, 2.75) is 25.7 Å². The van der Waals surface area contributed by atoms with E-state index in [1.165, 1.54) is 0 Å². The molecule has 0 atom stereocenters. The van der Waals surface area contributed by atoms with E-state index in [0.29, 0.717) is 11.5 Å². The van der Waals surface area contributed by atoms with Gasteiger partial charge in [0.1, 0.15) is 5.92 Å². The van der Waals surface area contributed by atoms with Gasteiger partial charge in [-0.3, -0.25) is 20.2 Å². The lowest BCUT2D eigenvalue weighted by Crippen LogP contribution is -2.56. The van der Waals surface area contributed by atoms with Gasteiger partial charge >= 0.3 is 6.03 Å². The van der Waals surface area contributed by atoms with Crippen molar-refractivity contribution in [1.29, 1.82) is 0 Å². The Bertz CT molecular complexity index is 634. The molecule has 1 saturated heterocycles. The molecule has 0 aliphatic carbocycles. The number of methoxy groups -OCH3 is 2. The number of benzene rings is 1. The van der Waals surface area contributed by atoms with Gasteiger partial charge in [0.2, 0.25) is 11.8 Å². The Morgan fingerprint density at radius 1 is 1.00 bits per heavy atom. The number of rotatable bonds is 5. The van der Waals surface area contributed by atoms with Gasteiger partial charge in [0, 0.05) is 0 Å². The van der Waals surface area contributed by atoms with Crippen LogP contribution in [-0.2, 0) is 15.0 Å². The molecule has 1 fully saturated rings. The molecule has 2 N–H and O–H groups in total. The van der Waals surface area contributed by atoms with Gasteiger partial charge in [0.15, 0.2) is 11.5 Å². The highest BCUT2D eigenvalue weighted by Crippen LogP contribution is 2.36. The van der Waals surface area contributed by atoms with Crippen LogP contribution in [0.2, 0.25) is 0 Å². The molecule has 0 unspecified atom stereocenters. The first-order valence-electron chi connectivity index (χ1n) is 7.16. The maximum Gasteiger partial charge on any atom is 0.328 e. The van der Waals surface area contributed by atoms with Crippen LogP contribution in [0.15, 0.2) is 18.2 Å². The van der Waals surface area contributed by atoms with Crippen molar-refractivity contribution in [1.82, 2.24) is 10.6 Å². The Morgan fingerprint density at radius 2 is 1.57 bits per heavy atom. The normalized spacial score (nSPS) is 15.9. The van der Waals surface area contributed by atoms with E-state index in [0.717, 1.165) is 5.56 Å². The first-order valence-corrected chi connectivity index (χ1v) is 7.16. The highest BCUT2D eigenvalue weighted by molar-refractivity contribution is 6.16. The number of barbiturate groups is 1.